The molecule has 1 aromatic rings. The molecule has 2 amide bonds. The summed E-state index contributed by atoms with van der Waals surface area (Å²) in [4.78, 5) is 38.1. The number of hydrogen-bond acceptors (Lipinski definition) is 7. The number of esters is 1. The van der Waals surface area contributed by atoms with E-state index in [1.54, 1.807) is 31.2 Å². The molecule has 190 valence electrons. The molecule has 0 fully saturated rings. The van der Waals surface area contributed by atoms with Gasteiger partial charge in [0.1, 0.15) is 12.6 Å². The van der Waals surface area contributed by atoms with Crippen molar-refractivity contribution >= 4 is 23.7 Å². The van der Waals surface area contributed by atoms with Crippen LogP contribution in [0, 0.1) is 11.3 Å². The first kappa shape index (κ1) is 28.9. The molecular weight excluding hydrogens is 440 g/mol. The number of nitrogens with one attached hydrogen (secondary N) is 4. The van der Waals surface area contributed by atoms with Gasteiger partial charge in [0, 0.05) is 6.54 Å². The van der Waals surface area contributed by atoms with Gasteiger partial charge in [-0.1, -0.05) is 50.6 Å². The van der Waals surface area contributed by atoms with Crippen molar-refractivity contribution in [3.05, 3.63) is 35.9 Å². The number of aliphatic hydroxyl groups is 1. The maximum absolute atomic E-state index is 13.0. The van der Waals surface area contributed by atoms with E-state index in [9.17, 15) is 19.5 Å². The lowest BCUT2D eigenvalue weighted by Crippen LogP contribution is -2.58. The summed E-state index contributed by atoms with van der Waals surface area (Å²) in [5, 5.41) is 25.0. The van der Waals surface area contributed by atoms with Gasteiger partial charge in [0.2, 0.25) is 11.8 Å². The molecular formula is C23H38N6O5. The molecule has 0 aliphatic carbocycles. The lowest BCUT2D eigenvalue weighted by atomic mass is 9.97. The van der Waals surface area contributed by atoms with Crippen molar-refractivity contribution in [2.24, 2.45) is 17.4 Å². The van der Waals surface area contributed by atoms with Gasteiger partial charge in [-0.05, 0) is 31.2 Å². The summed E-state index contributed by atoms with van der Waals surface area (Å²) in [7, 11) is 0. The maximum Gasteiger partial charge on any atom is 0.331 e. The molecule has 0 aliphatic rings. The van der Waals surface area contributed by atoms with Crippen LogP contribution in [0.1, 0.15) is 45.6 Å². The van der Waals surface area contributed by atoms with Crippen molar-refractivity contribution in [1.82, 2.24) is 16.0 Å². The molecule has 5 unspecified atom stereocenters. The fraction of sp³-hybridized carbons (Fsp3) is 0.565. The minimum absolute atomic E-state index is 0.00235. The van der Waals surface area contributed by atoms with Crippen molar-refractivity contribution in [3.63, 3.8) is 0 Å². The third-order valence-corrected chi connectivity index (χ3v) is 5.40. The van der Waals surface area contributed by atoms with E-state index >= 15 is 0 Å². The molecule has 11 heteroatoms. The Labute approximate surface area is 200 Å². The normalized spacial score (nSPS) is 15.2. The van der Waals surface area contributed by atoms with Gasteiger partial charge < -0.3 is 37.3 Å². The number of nitrogens with two attached hydrogens (primary N) is 2. The van der Waals surface area contributed by atoms with Gasteiger partial charge in [0.15, 0.2) is 12.0 Å². The number of rotatable bonds is 14. The SMILES string of the molecule is CCC(C)C(NC(=O)C(N)CCCNC(=N)N)C(=O)NC(C(=O)OCc1ccccc1)C(C)O. The first-order valence-electron chi connectivity index (χ1n) is 11.4. The molecule has 5 atom stereocenters. The smallest absolute Gasteiger partial charge is 0.331 e. The molecule has 0 radical (unpaired) electrons. The molecule has 0 aromatic heterocycles. The lowest BCUT2D eigenvalue weighted by Gasteiger charge is -2.28. The predicted octanol–water partition coefficient (Wildman–Crippen LogP) is -0.283. The van der Waals surface area contributed by atoms with Crippen LogP contribution in [0.15, 0.2) is 30.3 Å². The minimum Gasteiger partial charge on any atom is -0.459 e. The van der Waals surface area contributed by atoms with E-state index in [-0.39, 0.29) is 18.5 Å². The standard InChI is InChI=1S/C23H38N6O5/c1-4-14(2)18(28-20(31)17(24)11-8-12-27-23(25)26)21(32)29-19(15(3)30)22(33)34-13-16-9-6-5-7-10-16/h5-7,9-10,14-15,17-19,30H,4,8,11-13,24H2,1-3H3,(H,28,31)(H,29,32)(H4,25,26,27). The zero-order valence-corrected chi connectivity index (χ0v) is 20.0. The Morgan fingerprint density at radius 2 is 1.71 bits per heavy atom. The fourth-order valence-corrected chi connectivity index (χ4v) is 3.08. The first-order valence-corrected chi connectivity index (χ1v) is 11.4. The first-order chi connectivity index (χ1) is 16.1. The highest BCUT2D eigenvalue weighted by Crippen LogP contribution is 2.11. The van der Waals surface area contributed by atoms with Crippen LogP contribution in [0.2, 0.25) is 0 Å². The van der Waals surface area contributed by atoms with Gasteiger partial charge in [-0.25, -0.2) is 4.79 Å². The number of carbonyl (C=O) groups is 3. The molecule has 0 spiro atoms. The summed E-state index contributed by atoms with van der Waals surface area (Å²) in [5.74, 6) is -2.33. The highest BCUT2D eigenvalue weighted by atomic mass is 16.5. The molecule has 0 saturated heterocycles. The van der Waals surface area contributed by atoms with Crippen LogP contribution in [-0.4, -0.2) is 59.6 Å². The second kappa shape index (κ2) is 14.9. The molecule has 0 saturated carbocycles. The highest BCUT2D eigenvalue weighted by Gasteiger charge is 2.33. The summed E-state index contributed by atoms with van der Waals surface area (Å²) < 4.78 is 5.26. The summed E-state index contributed by atoms with van der Waals surface area (Å²) in [6.45, 7) is 5.42. The second-order valence-electron chi connectivity index (χ2n) is 8.28. The van der Waals surface area contributed by atoms with Crippen molar-refractivity contribution in [2.75, 3.05) is 6.54 Å². The van der Waals surface area contributed by atoms with E-state index in [0.717, 1.165) is 5.56 Å². The lowest BCUT2D eigenvalue weighted by molar-refractivity contribution is -0.152. The number of carbonyl (C=O) groups excluding carboxylic acids is 3. The van der Waals surface area contributed by atoms with E-state index in [1.807, 2.05) is 13.0 Å². The maximum atomic E-state index is 13.0. The van der Waals surface area contributed by atoms with Crippen molar-refractivity contribution in [1.29, 1.82) is 5.41 Å². The van der Waals surface area contributed by atoms with Crippen LogP contribution >= 0.6 is 0 Å². The number of aliphatic hydroxyl groups excluding tert-OH is 1. The molecule has 11 nitrogen and oxygen atoms in total. The zero-order chi connectivity index (χ0) is 25.7. The van der Waals surface area contributed by atoms with Crippen LogP contribution in [0.25, 0.3) is 0 Å². The molecule has 0 aliphatic heterocycles. The molecule has 9 N–H and O–H groups in total. The van der Waals surface area contributed by atoms with Crippen LogP contribution in [-0.2, 0) is 25.7 Å². The van der Waals surface area contributed by atoms with Gasteiger partial charge in [-0.15, -0.1) is 0 Å². The van der Waals surface area contributed by atoms with E-state index in [1.165, 1.54) is 6.92 Å². The Balaban J connectivity index is 2.75. The van der Waals surface area contributed by atoms with Crippen LogP contribution in [0.3, 0.4) is 0 Å². The minimum atomic E-state index is -1.30. The monoisotopic (exact) mass is 478 g/mol. The molecule has 1 rings (SSSR count). The number of hydrogen-bond donors (Lipinski definition) is 7. The van der Waals surface area contributed by atoms with Gasteiger partial charge in [-0.3, -0.25) is 15.0 Å². The van der Waals surface area contributed by atoms with Gasteiger partial charge in [-0.2, -0.15) is 0 Å². The van der Waals surface area contributed by atoms with Gasteiger partial charge in [0.05, 0.1) is 12.1 Å². The zero-order valence-electron chi connectivity index (χ0n) is 20.0. The second-order valence-corrected chi connectivity index (χ2v) is 8.28. The van der Waals surface area contributed by atoms with Crippen molar-refractivity contribution in [3.8, 4) is 0 Å². The van der Waals surface area contributed by atoms with E-state index in [2.05, 4.69) is 16.0 Å². The predicted molar refractivity (Wildman–Crippen MR) is 128 cm³/mol. The largest absolute Gasteiger partial charge is 0.459 e. The Morgan fingerprint density at radius 3 is 2.26 bits per heavy atom. The number of benzene rings is 1. The summed E-state index contributed by atoms with van der Waals surface area (Å²) in [5.41, 5.74) is 11.9. The van der Waals surface area contributed by atoms with Crippen LogP contribution in [0.4, 0.5) is 0 Å². The number of guanidine groups is 1. The summed E-state index contributed by atoms with van der Waals surface area (Å²) in [6.07, 6.45) is 0.194. The Morgan fingerprint density at radius 1 is 1.09 bits per heavy atom. The average Bonchev–Trinajstić information content (AvgIpc) is 2.81. The average molecular weight is 479 g/mol. The van der Waals surface area contributed by atoms with Crippen molar-refractivity contribution in [2.45, 2.75) is 70.9 Å². The highest BCUT2D eigenvalue weighted by molar-refractivity contribution is 5.92. The van der Waals surface area contributed by atoms with Crippen LogP contribution in [0.5, 0.6) is 0 Å². The van der Waals surface area contributed by atoms with Gasteiger partial charge >= 0.3 is 5.97 Å². The van der Waals surface area contributed by atoms with E-state index in [0.29, 0.717) is 25.8 Å². The van der Waals surface area contributed by atoms with Gasteiger partial charge in [0.25, 0.3) is 0 Å². The molecule has 0 heterocycles. The topological polar surface area (TPSA) is 193 Å². The Bertz CT molecular complexity index is 804. The Kier molecular flexibility index (Phi) is 12.6. The number of amides is 2. The summed E-state index contributed by atoms with van der Waals surface area (Å²) >= 11 is 0. The molecule has 0 bridgehead atoms. The summed E-state index contributed by atoms with van der Waals surface area (Å²) in [6, 6.07) is 5.91. The Hall–Kier alpha value is -3.18. The quantitative estimate of drug-likeness (QED) is 0.0820. The molecule has 1 aromatic carbocycles. The fourth-order valence-electron chi connectivity index (χ4n) is 3.08. The van der Waals surface area contributed by atoms with Crippen LogP contribution < -0.4 is 27.4 Å². The van der Waals surface area contributed by atoms with Crippen molar-refractivity contribution < 1.29 is 24.2 Å². The third-order valence-electron chi connectivity index (χ3n) is 5.40. The third kappa shape index (κ3) is 10.2. The molecule has 34 heavy (non-hydrogen) atoms. The van der Waals surface area contributed by atoms with E-state index < -0.39 is 42.0 Å². The number of ether oxygens (including phenoxy) is 1. The van der Waals surface area contributed by atoms with E-state index in [4.69, 9.17) is 21.6 Å².